The van der Waals surface area contributed by atoms with E-state index in [-0.39, 0.29) is 43.2 Å². The van der Waals surface area contributed by atoms with Crippen LogP contribution in [0.4, 0.5) is 0 Å². The van der Waals surface area contributed by atoms with E-state index in [9.17, 15) is 24.0 Å². The Kier molecular flexibility index (Phi) is 15.3. The Bertz CT molecular complexity index is 1400. The van der Waals surface area contributed by atoms with E-state index in [1.54, 1.807) is 11.0 Å². The lowest BCUT2D eigenvalue weighted by molar-refractivity contribution is -0.145. The normalized spacial score (nSPS) is 17.1. The molecular formula is C39H52N4O5. The van der Waals surface area contributed by atoms with Crippen LogP contribution in [0.5, 0.6) is 0 Å². The van der Waals surface area contributed by atoms with Crippen LogP contribution in [0.1, 0.15) is 82.0 Å². The molecule has 3 N–H and O–H groups in total. The molecule has 4 rings (SSSR count). The standard InChI is InChI=1S/C36H44N4O5.C3H8/c1-4-6-17-30(33(42)35(44)37-19-5-2)39-34(43)31-18-12-20-40(31)36(45)29(28-21-26-15-10-11-16-27(26)22-28)23-32(41)38-24(3)25-13-8-7-9-14-25;1-3-2/h4-5,7-11,13-16,24,28-31H,1-2,6,12,17-23H2,3H3,(H,37,44)(H,38,41)(H,39,43);3H2,1-2H3/t24-,29+,30?,31+;/m1./s1. The number of hydrogen-bond donors (Lipinski definition) is 3. The van der Waals surface area contributed by atoms with Gasteiger partial charge in [-0.05, 0) is 68.1 Å². The van der Waals surface area contributed by atoms with Gasteiger partial charge in [0.2, 0.25) is 23.5 Å². The molecule has 0 bridgehead atoms. The second kappa shape index (κ2) is 19.3. The third kappa shape index (κ3) is 10.5. The molecule has 1 aliphatic carbocycles. The molecule has 1 aliphatic heterocycles. The molecular weight excluding hydrogens is 604 g/mol. The highest BCUT2D eigenvalue weighted by Gasteiger charge is 2.43. The average Bonchev–Trinajstić information content (AvgIpc) is 3.76. The van der Waals surface area contributed by atoms with Crippen molar-refractivity contribution in [3.05, 3.63) is 96.6 Å². The highest BCUT2D eigenvalue weighted by atomic mass is 16.2. The predicted molar refractivity (Wildman–Crippen MR) is 189 cm³/mol. The number of nitrogens with zero attached hydrogens (tertiary/aromatic N) is 1. The first-order valence-electron chi connectivity index (χ1n) is 17.2. The molecule has 2 aliphatic rings. The highest BCUT2D eigenvalue weighted by Crippen LogP contribution is 2.35. The summed E-state index contributed by atoms with van der Waals surface area (Å²) >= 11 is 0. The summed E-state index contributed by atoms with van der Waals surface area (Å²) in [5.41, 5.74) is 3.32. The molecule has 0 saturated carbocycles. The van der Waals surface area contributed by atoms with E-state index in [1.165, 1.54) is 23.6 Å². The summed E-state index contributed by atoms with van der Waals surface area (Å²) in [5.74, 6) is -3.21. The summed E-state index contributed by atoms with van der Waals surface area (Å²) < 4.78 is 0. The van der Waals surface area contributed by atoms with Crippen LogP contribution in [0.15, 0.2) is 79.9 Å². The minimum Gasteiger partial charge on any atom is -0.350 e. The van der Waals surface area contributed by atoms with Gasteiger partial charge >= 0.3 is 0 Å². The average molecular weight is 657 g/mol. The Morgan fingerprint density at radius 1 is 0.917 bits per heavy atom. The van der Waals surface area contributed by atoms with Gasteiger partial charge < -0.3 is 20.9 Å². The van der Waals surface area contributed by atoms with Gasteiger partial charge in [0.25, 0.3) is 5.91 Å². The first-order chi connectivity index (χ1) is 23.1. The Morgan fingerprint density at radius 3 is 2.15 bits per heavy atom. The first-order valence-corrected chi connectivity index (χ1v) is 17.2. The topological polar surface area (TPSA) is 125 Å². The Labute approximate surface area is 285 Å². The zero-order valence-corrected chi connectivity index (χ0v) is 28.7. The largest absolute Gasteiger partial charge is 0.350 e. The summed E-state index contributed by atoms with van der Waals surface area (Å²) in [6.07, 6.45) is 7.36. The van der Waals surface area contributed by atoms with Crippen molar-refractivity contribution in [3.8, 4) is 0 Å². The number of rotatable bonds is 15. The van der Waals surface area contributed by atoms with E-state index < -0.39 is 35.6 Å². The van der Waals surface area contributed by atoms with E-state index in [4.69, 9.17) is 0 Å². The number of nitrogens with one attached hydrogen (secondary N) is 3. The maximum absolute atomic E-state index is 14.3. The maximum atomic E-state index is 14.3. The van der Waals surface area contributed by atoms with Crippen molar-refractivity contribution < 1.29 is 24.0 Å². The van der Waals surface area contributed by atoms with Crippen LogP contribution in [-0.4, -0.2) is 59.5 Å². The summed E-state index contributed by atoms with van der Waals surface area (Å²) in [7, 11) is 0. The van der Waals surface area contributed by atoms with Crippen molar-refractivity contribution >= 4 is 29.4 Å². The smallest absolute Gasteiger partial charge is 0.289 e. The van der Waals surface area contributed by atoms with Crippen LogP contribution in [0.25, 0.3) is 0 Å². The summed E-state index contributed by atoms with van der Waals surface area (Å²) in [5, 5.41) is 8.27. The Hall–Kier alpha value is -4.53. The molecule has 258 valence electrons. The number of likely N-dealkylation sites (tertiary alicyclic amines) is 1. The molecule has 1 saturated heterocycles. The first kappa shape index (κ1) is 37.9. The molecule has 4 atom stereocenters. The van der Waals surface area contributed by atoms with Crippen molar-refractivity contribution in [3.63, 3.8) is 0 Å². The van der Waals surface area contributed by atoms with E-state index in [1.807, 2.05) is 49.4 Å². The monoisotopic (exact) mass is 656 g/mol. The second-order valence-corrected chi connectivity index (χ2v) is 12.6. The number of amides is 4. The lowest BCUT2D eigenvalue weighted by atomic mass is 9.85. The van der Waals surface area contributed by atoms with Gasteiger partial charge in [-0.25, -0.2) is 0 Å². The van der Waals surface area contributed by atoms with Crippen LogP contribution in [0.2, 0.25) is 0 Å². The highest BCUT2D eigenvalue weighted by molar-refractivity contribution is 6.38. The van der Waals surface area contributed by atoms with Crippen molar-refractivity contribution in [2.24, 2.45) is 11.8 Å². The number of carbonyl (C=O) groups is 5. The number of allylic oxidation sites excluding steroid dienone is 1. The zero-order valence-electron chi connectivity index (χ0n) is 28.7. The summed E-state index contributed by atoms with van der Waals surface area (Å²) in [6, 6.07) is 15.7. The van der Waals surface area contributed by atoms with Crippen molar-refractivity contribution in [1.82, 2.24) is 20.9 Å². The van der Waals surface area contributed by atoms with Crippen molar-refractivity contribution in [2.75, 3.05) is 13.1 Å². The molecule has 1 unspecified atom stereocenters. The predicted octanol–water partition coefficient (Wildman–Crippen LogP) is 5.01. The summed E-state index contributed by atoms with van der Waals surface area (Å²) in [4.78, 5) is 68.2. The SMILES string of the molecule is C=CCCC(NC(=O)[C@@H]1CCCN1C(=O)[C@@H](CC(=O)N[C@H](C)c1ccccc1)C1Cc2ccccc2C1)C(=O)C(=O)NCC=C.CCC. The van der Waals surface area contributed by atoms with Gasteiger partial charge in [-0.1, -0.05) is 87.0 Å². The molecule has 1 fully saturated rings. The minimum atomic E-state index is -1.05. The number of fused-ring (bicyclic) bond motifs is 1. The molecule has 2 aromatic carbocycles. The molecule has 0 spiro atoms. The number of hydrogen-bond acceptors (Lipinski definition) is 5. The van der Waals surface area contributed by atoms with Gasteiger partial charge in [0, 0.05) is 19.5 Å². The Morgan fingerprint density at radius 2 is 1.54 bits per heavy atom. The van der Waals surface area contributed by atoms with E-state index in [0.717, 1.165) is 5.56 Å². The van der Waals surface area contributed by atoms with Crippen molar-refractivity contribution in [2.45, 2.75) is 90.3 Å². The maximum Gasteiger partial charge on any atom is 0.289 e. The van der Waals surface area contributed by atoms with E-state index in [0.29, 0.717) is 38.6 Å². The van der Waals surface area contributed by atoms with Gasteiger partial charge in [0.1, 0.15) is 6.04 Å². The molecule has 2 aromatic rings. The quantitative estimate of drug-likeness (QED) is 0.184. The molecule has 4 amide bonds. The van der Waals surface area contributed by atoms with E-state index in [2.05, 4.69) is 55.1 Å². The fraction of sp³-hybridized carbons (Fsp3) is 0.462. The van der Waals surface area contributed by atoms with Gasteiger partial charge in [0.15, 0.2) is 0 Å². The molecule has 0 radical (unpaired) electrons. The van der Waals surface area contributed by atoms with Crippen LogP contribution in [0, 0.1) is 11.8 Å². The number of carbonyl (C=O) groups excluding carboxylic acids is 5. The molecule has 1 heterocycles. The molecule has 48 heavy (non-hydrogen) atoms. The van der Waals surface area contributed by atoms with E-state index >= 15 is 0 Å². The van der Waals surface area contributed by atoms with Crippen LogP contribution in [0.3, 0.4) is 0 Å². The second-order valence-electron chi connectivity index (χ2n) is 12.6. The number of ketones is 1. The van der Waals surface area contributed by atoms with Gasteiger partial charge in [-0.2, -0.15) is 0 Å². The fourth-order valence-electron chi connectivity index (χ4n) is 6.41. The lowest BCUT2D eigenvalue weighted by Gasteiger charge is -2.32. The van der Waals surface area contributed by atoms with Crippen LogP contribution in [-0.2, 0) is 36.8 Å². The van der Waals surface area contributed by atoms with Crippen molar-refractivity contribution in [1.29, 1.82) is 0 Å². The van der Waals surface area contributed by atoms with Crippen LogP contribution < -0.4 is 16.0 Å². The van der Waals surface area contributed by atoms with Gasteiger partial charge in [-0.15, -0.1) is 13.2 Å². The zero-order chi connectivity index (χ0) is 35.1. The number of Topliss-reactive ketones (excluding diaryl/α,β-unsaturated/α-hetero) is 1. The van der Waals surface area contributed by atoms with Gasteiger partial charge in [0.05, 0.1) is 18.0 Å². The molecule has 9 heteroatoms. The Balaban J connectivity index is 0.00000201. The third-order valence-electron chi connectivity index (χ3n) is 8.81. The lowest BCUT2D eigenvalue weighted by Crippen LogP contribution is -2.54. The fourth-order valence-corrected chi connectivity index (χ4v) is 6.41. The van der Waals surface area contributed by atoms with Gasteiger partial charge in [-0.3, -0.25) is 24.0 Å². The van der Waals surface area contributed by atoms with Crippen LogP contribution >= 0.6 is 0 Å². The minimum absolute atomic E-state index is 0.00339. The number of benzene rings is 2. The third-order valence-corrected chi connectivity index (χ3v) is 8.81. The molecule has 0 aromatic heterocycles. The summed E-state index contributed by atoms with van der Waals surface area (Å²) in [6.45, 7) is 13.9. The molecule has 9 nitrogen and oxygen atoms in total.